The van der Waals surface area contributed by atoms with E-state index >= 15 is 0 Å². The summed E-state index contributed by atoms with van der Waals surface area (Å²) >= 11 is 1.69. The van der Waals surface area contributed by atoms with Gasteiger partial charge < -0.3 is 19.9 Å². The van der Waals surface area contributed by atoms with Crippen LogP contribution in [0.25, 0.3) is 10.9 Å². The van der Waals surface area contributed by atoms with Gasteiger partial charge in [0.05, 0.1) is 13.0 Å². The van der Waals surface area contributed by atoms with E-state index in [4.69, 9.17) is 4.74 Å². The molecule has 1 saturated heterocycles. The zero-order valence-corrected chi connectivity index (χ0v) is 17.3. The van der Waals surface area contributed by atoms with Crippen molar-refractivity contribution in [2.75, 3.05) is 25.3 Å². The van der Waals surface area contributed by atoms with Crippen LogP contribution < -0.4 is 10.1 Å². The molecule has 1 fully saturated rings. The first-order valence-electron chi connectivity index (χ1n) is 9.62. The summed E-state index contributed by atoms with van der Waals surface area (Å²) in [5.41, 5.74) is 1.87. The number of carbonyl (C=O) groups excluding carboxylic acids is 2. The standard InChI is InChI=1S/C22H22FN3O3S/c1-29-17-5-2-14(3-6-17)10-20(22(28)26-8-9-30-13-26)25-21(27)19-12-15-11-16(23)4-7-18(15)24-19/h2-7,11-12,20,24H,8-10,13H2,1H3,(H,25,27)/t20-/m0/s1. The fraction of sp³-hybridized carbons (Fsp3) is 0.273. The van der Waals surface area contributed by atoms with E-state index < -0.39 is 11.9 Å². The monoisotopic (exact) mass is 427 g/mol. The molecule has 0 saturated carbocycles. The number of ether oxygens (including phenoxy) is 1. The van der Waals surface area contributed by atoms with Gasteiger partial charge in [0.25, 0.3) is 5.91 Å². The topological polar surface area (TPSA) is 74.4 Å². The number of halogens is 1. The maximum absolute atomic E-state index is 13.5. The van der Waals surface area contributed by atoms with Crippen LogP contribution in [0.3, 0.4) is 0 Å². The number of aromatic amines is 1. The summed E-state index contributed by atoms with van der Waals surface area (Å²) in [5.74, 6) is 1.37. The van der Waals surface area contributed by atoms with Gasteiger partial charge in [0.1, 0.15) is 23.3 Å². The quantitative estimate of drug-likeness (QED) is 0.634. The number of amides is 2. The first-order valence-corrected chi connectivity index (χ1v) is 10.8. The summed E-state index contributed by atoms with van der Waals surface area (Å²) < 4.78 is 18.6. The van der Waals surface area contributed by atoms with Crippen LogP contribution in [0.2, 0.25) is 0 Å². The molecule has 0 spiro atoms. The largest absolute Gasteiger partial charge is 0.497 e. The molecule has 0 unspecified atom stereocenters. The molecule has 30 heavy (non-hydrogen) atoms. The maximum Gasteiger partial charge on any atom is 0.268 e. The molecule has 2 heterocycles. The van der Waals surface area contributed by atoms with Gasteiger partial charge in [-0.25, -0.2) is 4.39 Å². The van der Waals surface area contributed by atoms with Crippen LogP contribution >= 0.6 is 11.8 Å². The number of H-pyrrole nitrogens is 1. The zero-order chi connectivity index (χ0) is 21.1. The van der Waals surface area contributed by atoms with Crippen LogP contribution in [0, 0.1) is 5.82 Å². The molecular formula is C22H22FN3O3S. The van der Waals surface area contributed by atoms with Crippen molar-refractivity contribution < 1.29 is 18.7 Å². The second-order valence-electron chi connectivity index (χ2n) is 7.13. The van der Waals surface area contributed by atoms with Gasteiger partial charge in [0.15, 0.2) is 0 Å². The highest BCUT2D eigenvalue weighted by molar-refractivity contribution is 7.99. The number of benzene rings is 2. The first-order chi connectivity index (χ1) is 14.5. The minimum atomic E-state index is -0.701. The van der Waals surface area contributed by atoms with E-state index in [-0.39, 0.29) is 11.7 Å². The van der Waals surface area contributed by atoms with E-state index in [0.717, 1.165) is 17.1 Å². The molecule has 1 aliphatic heterocycles. The lowest BCUT2D eigenvalue weighted by atomic mass is 10.0. The Labute approximate surface area is 177 Å². The molecule has 4 rings (SSSR count). The van der Waals surface area contributed by atoms with Gasteiger partial charge in [0.2, 0.25) is 5.91 Å². The lowest BCUT2D eigenvalue weighted by molar-refractivity contribution is -0.131. The molecule has 2 aromatic carbocycles. The van der Waals surface area contributed by atoms with E-state index in [1.165, 1.54) is 12.1 Å². The summed E-state index contributed by atoms with van der Waals surface area (Å²) in [5, 5.41) is 3.47. The van der Waals surface area contributed by atoms with Gasteiger partial charge in [-0.05, 0) is 42.0 Å². The summed E-state index contributed by atoms with van der Waals surface area (Å²) in [7, 11) is 1.60. The number of nitrogens with zero attached hydrogens (tertiary/aromatic N) is 1. The molecule has 156 valence electrons. The molecule has 0 aliphatic carbocycles. The Morgan fingerprint density at radius 2 is 2.03 bits per heavy atom. The van der Waals surface area contributed by atoms with Crippen molar-refractivity contribution in [2.24, 2.45) is 0 Å². The zero-order valence-electron chi connectivity index (χ0n) is 16.5. The van der Waals surface area contributed by atoms with Crippen molar-refractivity contribution in [1.82, 2.24) is 15.2 Å². The molecule has 2 amide bonds. The van der Waals surface area contributed by atoms with E-state index in [9.17, 15) is 14.0 Å². The second kappa shape index (κ2) is 8.79. The lowest BCUT2D eigenvalue weighted by Crippen LogP contribution is -2.49. The number of aromatic nitrogens is 1. The Kier molecular flexibility index (Phi) is 5.94. The van der Waals surface area contributed by atoms with Crippen molar-refractivity contribution in [3.05, 3.63) is 65.6 Å². The first kappa shape index (κ1) is 20.3. The molecule has 6 nitrogen and oxygen atoms in total. The van der Waals surface area contributed by atoms with Crippen molar-refractivity contribution in [3.63, 3.8) is 0 Å². The van der Waals surface area contributed by atoms with Crippen LogP contribution in [0.5, 0.6) is 5.75 Å². The number of nitrogens with one attached hydrogen (secondary N) is 2. The highest BCUT2D eigenvalue weighted by atomic mass is 32.2. The van der Waals surface area contributed by atoms with Crippen molar-refractivity contribution >= 4 is 34.5 Å². The van der Waals surface area contributed by atoms with E-state index in [1.54, 1.807) is 35.9 Å². The molecule has 1 atom stereocenters. The van der Waals surface area contributed by atoms with E-state index in [0.29, 0.717) is 35.4 Å². The number of rotatable bonds is 6. The molecule has 2 N–H and O–H groups in total. The van der Waals surface area contributed by atoms with Gasteiger partial charge in [-0.15, -0.1) is 11.8 Å². The van der Waals surface area contributed by atoms with E-state index in [1.807, 2.05) is 24.3 Å². The Hall–Kier alpha value is -3.00. The predicted molar refractivity (Wildman–Crippen MR) is 115 cm³/mol. The highest BCUT2D eigenvalue weighted by Crippen LogP contribution is 2.19. The Morgan fingerprint density at radius 1 is 1.23 bits per heavy atom. The number of carbonyl (C=O) groups is 2. The van der Waals surface area contributed by atoms with Crippen LogP contribution in [-0.2, 0) is 11.2 Å². The van der Waals surface area contributed by atoms with Crippen LogP contribution in [0.1, 0.15) is 16.1 Å². The third-order valence-corrected chi connectivity index (χ3v) is 6.06. The third-order valence-electron chi connectivity index (χ3n) is 5.09. The third kappa shape index (κ3) is 4.43. The minimum absolute atomic E-state index is 0.105. The summed E-state index contributed by atoms with van der Waals surface area (Å²) in [4.78, 5) is 30.7. The molecule has 1 aliphatic rings. The number of hydrogen-bond acceptors (Lipinski definition) is 4. The number of methoxy groups -OCH3 is 1. The normalized spacial score (nSPS) is 14.7. The molecule has 3 aromatic rings. The smallest absolute Gasteiger partial charge is 0.268 e. The Bertz CT molecular complexity index is 1060. The lowest BCUT2D eigenvalue weighted by Gasteiger charge is -2.23. The second-order valence-corrected chi connectivity index (χ2v) is 8.21. The summed E-state index contributed by atoms with van der Waals surface area (Å²) in [6.45, 7) is 0.671. The minimum Gasteiger partial charge on any atom is -0.497 e. The molecule has 0 bridgehead atoms. The van der Waals surface area contributed by atoms with Gasteiger partial charge in [-0.1, -0.05) is 12.1 Å². The van der Waals surface area contributed by atoms with E-state index in [2.05, 4.69) is 10.3 Å². The summed E-state index contributed by atoms with van der Waals surface area (Å²) in [6.07, 6.45) is 0.366. The fourth-order valence-corrected chi connectivity index (χ4v) is 4.42. The molecule has 1 aromatic heterocycles. The number of thioether (sulfide) groups is 1. The number of fused-ring (bicyclic) bond motifs is 1. The van der Waals surface area contributed by atoms with Gasteiger partial charge in [0, 0.05) is 29.6 Å². The Balaban J connectivity index is 1.55. The average Bonchev–Trinajstić information content (AvgIpc) is 3.43. The van der Waals surface area contributed by atoms with Crippen LogP contribution in [0.15, 0.2) is 48.5 Å². The molecule has 8 heteroatoms. The van der Waals surface area contributed by atoms with Crippen molar-refractivity contribution in [1.29, 1.82) is 0 Å². The predicted octanol–water partition coefficient (Wildman–Crippen LogP) is 3.19. The fourth-order valence-electron chi connectivity index (χ4n) is 3.47. The molecule has 0 radical (unpaired) electrons. The Morgan fingerprint density at radius 3 is 2.73 bits per heavy atom. The summed E-state index contributed by atoms with van der Waals surface area (Å²) in [6, 6.07) is 12.6. The number of hydrogen-bond donors (Lipinski definition) is 2. The molecular weight excluding hydrogens is 405 g/mol. The van der Waals surface area contributed by atoms with Crippen molar-refractivity contribution in [3.8, 4) is 5.75 Å². The van der Waals surface area contributed by atoms with Gasteiger partial charge >= 0.3 is 0 Å². The van der Waals surface area contributed by atoms with Gasteiger partial charge in [-0.3, -0.25) is 9.59 Å². The van der Waals surface area contributed by atoms with Gasteiger partial charge in [-0.2, -0.15) is 0 Å². The SMILES string of the molecule is COc1ccc(C[C@H](NC(=O)c2cc3cc(F)ccc3[nH]2)C(=O)N2CCSC2)cc1. The van der Waals surface area contributed by atoms with Crippen LogP contribution in [0.4, 0.5) is 4.39 Å². The average molecular weight is 428 g/mol. The highest BCUT2D eigenvalue weighted by Gasteiger charge is 2.29. The van der Waals surface area contributed by atoms with Crippen LogP contribution in [-0.4, -0.2) is 53.0 Å². The maximum atomic E-state index is 13.5. The van der Waals surface area contributed by atoms with Crippen molar-refractivity contribution in [2.45, 2.75) is 12.5 Å².